The molecule has 1 aromatic rings. The van der Waals surface area contributed by atoms with E-state index in [4.69, 9.17) is 9.73 Å². The van der Waals surface area contributed by atoms with Crippen LogP contribution in [0.4, 0.5) is 5.69 Å². The van der Waals surface area contributed by atoms with Gasteiger partial charge in [-0.1, -0.05) is 12.1 Å². The van der Waals surface area contributed by atoms with Crippen LogP contribution in [-0.2, 0) is 4.74 Å². The quantitative estimate of drug-likeness (QED) is 0.550. The number of guanidine groups is 1. The van der Waals surface area contributed by atoms with Crippen LogP contribution in [-0.4, -0.2) is 62.4 Å². The largest absolute Gasteiger partial charge is 0.381 e. The highest BCUT2D eigenvalue weighted by Gasteiger charge is 2.32. The van der Waals surface area contributed by atoms with E-state index in [0.717, 1.165) is 82.3 Å². The fraction of sp³-hybridized carbons (Fsp3) is 0.636. The van der Waals surface area contributed by atoms with E-state index >= 15 is 0 Å². The van der Waals surface area contributed by atoms with Crippen LogP contribution in [0.15, 0.2) is 29.3 Å². The molecule has 2 aliphatic heterocycles. The molecule has 0 saturated carbocycles. The van der Waals surface area contributed by atoms with Gasteiger partial charge in [-0.2, -0.15) is 17.0 Å². The normalized spacial score (nSPS) is 22.0. The highest BCUT2D eigenvalue weighted by molar-refractivity contribution is 8.00. The molecule has 3 rings (SSSR count). The first-order valence-corrected chi connectivity index (χ1v) is 11.8. The van der Waals surface area contributed by atoms with Crippen molar-refractivity contribution in [3.8, 4) is 6.07 Å². The highest BCUT2D eigenvalue weighted by Crippen LogP contribution is 2.34. The maximum absolute atomic E-state index is 9.44. The predicted molar refractivity (Wildman–Crippen MR) is 122 cm³/mol. The molecule has 1 atom stereocenters. The summed E-state index contributed by atoms with van der Waals surface area (Å²) in [6.07, 6.45) is 6.51. The number of hydrogen-bond donors (Lipinski definition) is 2. The summed E-state index contributed by atoms with van der Waals surface area (Å²) in [6, 6.07) is 10.5. The smallest absolute Gasteiger partial charge is 0.191 e. The fourth-order valence-corrected chi connectivity index (χ4v) is 4.83. The lowest BCUT2D eigenvalue weighted by atomic mass is 9.99. The number of benzene rings is 1. The van der Waals surface area contributed by atoms with E-state index in [1.54, 1.807) is 0 Å². The lowest BCUT2D eigenvalue weighted by Gasteiger charge is -2.36. The second-order valence-electron chi connectivity index (χ2n) is 7.75. The van der Waals surface area contributed by atoms with E-state index in [9.17, 15) is 5.26 Å². The number of nitrogens with zero attached hydrogens (tertiary/aromatic N) is 3. The average Bonchev–Trinajstić information content (AvgIpc) is 2.78. The molecule has 1 aromatic carbocycles. The first-order valence-electron chi connectivity index (χ1n) is 10.6. The molecule has 1 unspecified atom stereocenters. The molecule has 2 aliphatic rings. The van der Waals surface area contributed by atoms with Crippen LogP contribution in [0.3, 0.4) is 0 Å². The maximum Gasteiger partial charge on any atom is 0.191 e. The SMILES string of the molecule is CCNC(=NCC1(SC)CCOCC1)NC1CCCN(c2ccccc2C#N)C1. The summed E-state index contributed by atoms with van der Waals surface area (Å²) in [4.78, 5) is 7.28. The van der Waals surface area contributed by atoms with E-state index in [-0.39, 0.29) is 4.75 Å². The van der Waals surface area contributed by atoms with Crippen molar-refractivity contribution in [2.45, 2.75) is 43.4 Å². The minimum Gasteiger partial charge on any atom is -0.381 e. The van der Waals surface area contributed by atoms with Crippen molar-refractivity contribution >= 4 is 23.4 Å². The van der Waals surface area contributed by atoms with Gasteiger partial charge < -0.3 is 20.3 Å². The maximum atomic E-state index is 9.44. The summed E-state index contributed by atoms with van der Waals surface area (Å²) in [5.74, 6) is 0.896. The minimum absolute atomic E-state index is 0.185. The molecule has 7 heteroatoms. The third kappa shape index (κ3) is 5.80. The summed E-state index contributed by atoms with van der Waals surface area (Å²) in [5, 5.41) is 16.5. The van der Waals surface area contributed by atoms with Gasteiger partial charge in [0.05, 0.1) is 17.8 Å². The standard InChI is InChI=1S/C22H33N5OS/c1-3-24-21(25-17-22(29-2)10-13-28-14-11-22)26-19-8-6-12-27(16-19)20-9-5-4-7-18(20)15-23/h4-5,7,9,19H,3,6,8,10-14,16-17H2,1-2H3,(H2,24,25,26). The van der Waals surface area contributed by atoms with Gasteiger partial charge >= 0.3 is 0 Å². The number of ether oxygens (including phenoxy) is 1. The van der Waals surface area contributed by atoms with Crippen LogP contribution in [0.1, 0.15) is 38.2 Å². The van der Waals surface area contributed by atoms with E-state index in [2.05, 4.69) is 34.8 Å². The molecule has 0 radical (unpaired) electrons. The summed E-state index contributed by atoms with van der Waals surface area (Å²) < 4.78 is 5.74. The van der Waals surface area contributed by atoms with Crippen molar-refractivity contribution in [2.24, 2.45) is 4.99 Å². The van der Waals surface area contributed by atoms with E-state index in [1.165, 1.54) is 0 Å². The lowest BCUT2D eigenvalue weighted by molar-refractivity contribution is 0.0794. The van der Waals surface area contributed by atoms with Gasteiger partial charge in [0.25, 0.3) is 0 Å². The van der Waals surface area contributed by atoms with Gasteiger partial charge in [-0.3, -0.25) is 4.99 Å². The van der Waals surface area contributed by atoms with Crippen molar-refractivity contribution < 1.29 is 4.74 Å². The number of anilines is 1. The van der Waals surface area contributed by atoms with Crippen molar-refractivity contribution in [2.75, 3.05) is 50.5 Å². The third-order valence-corrected chi connectivity index (χ3v) is 7.24. The Morgan fingerprint density at radius 2 is 2.17 bits per heavy atom. The fourth-order valence-electron chi connectivity index (χ4n) is 4.06. The lowest BCUT2D eigenvalue weighted by Crippen LogP contribution is -2.51. The Morgan fingerprint density at radius 3 is 2.90 bits per heavy atom. The van der Waals surface area contributed by atoms with Crippen molar-refractivity contribution in [3.63, 3.8) is 0 Å². The Hall–Kier alpha value is -1.91. The first-order chi connectivity index (χ1) is 14.2. The van der Waals surface area contributed by atoms with Crippen molar-refractivity contribution in [3.05, 3.63) is 29.8 Å². The zero-order valence-corrected chi connectivity index (χ0v) is 18.4. The molecular formula is C22H33N5OS. The van der Waals surface area contributed by atoms with E-state index in [1.807, 2.05) is 36.0 Å². The molecule has 2 heterocycles. The molecule has 0 amide bonds. The monoisotopic (exact) mass is 415 g/mol. The van der Waals surface area contributed by atoms with Gasteiger partial charge in [0, 0.05) is 43.6 Å². The van der Waals surface area contributed by atoms with Gasteiger partial charge in [-0.15, -0.1) is 0 Å². The number of aliphatic imine (C=N–C) groups is 1. The number of hydrogen-bond acceptors (Lipinski definition) is 5. The molecule has 29 heavy (non-hydrogen) atoms. The molecule has 0 bridgehead atoms. The first kappa shape index (κ1) is 21.8. The van der Waals surface area contributed by atoms with Crippen LogP contribution >= 0.6 is 11.8 Å². The van der Waals surface area contributed by atoms with Crippen LogP contribution in [0.25, 0.3) is 0 Å². The number of rotatable bonds is 6. The zero-order chi connectivity index (χ0) is 20.5. The van der Waals surface area contributed by atoms with Crippen LogP contribution in [0.2, 0.25) is 0 Å². The second-order valence-corrected chi connectivity index (χ2v) is 9.03. The number of thioether (sulfide) groups is 1. The van der Waals surface area contributed by atoms with Crippen molar-refractivity contribution in [1.82, 2.24) is 10.6 Å². The molecule has 0 spiro atoms. The predicted octanol–water partition coefficient (Wildman–Crippen LogP) is 2.99. The molecular weight excluding hydrogens is 382 g/mol. The van der Waals surface area contributed by atoms with Gasteiger partial charge in [0.15, 0.2) is 5.96 Å². The van der Waals surface area contributed by atoms with Crippen molar-refractivity contribution in [1.29, 1.82) is 5.26 Å². The summed E-state index contributed by atoms with van der Waals surface area (Å²) in [5.41, 5.74) is 1.78. The molecule has 2 N–H and O–H groups in total. The molecule has 2 fully saturated rings. The topological polar surface area (TPSA) is 72.7 Å². The Kier molecular flexibility index (Phi) is 8.08. The van der Waals surface area contributed by atoms with E-state index in [0.29, 0.717) is 6.04 Å². The summed E-state index contributed by atoms with van der Waals surface area (Å²) in [7, 11) is 0. The van der Waals surface area contributed by atoms with Gasteiger partial charge in [-0.05, 0) is 51.0 Å². The zero-order valence-electron chi connectivity index (χ0n) is 17.6. The Bertz CT molecular complexity index is 726. The average molecular weight is 416 g/mol. The molecule has 0 aromatic heterocycles. The van der Waals surface area contributed by atoms with E-state index < -0.39 is 0 Å². The van der Waals surface area contributed by atoms with Gasteiger partial charge in [0.2, 0.25) is 0 Å². The van der Waals surface area contributed by atoms with Crippen LogP contribution in [0, 0.1) is 11.3 Å². The second kappa shape index (κ2) is 10.7. The number of para-hydroxylation sites is 1. The Morgan fingerprint density at radius 1 is 1.38 bits per heavy atom. The Labute approximate surface area is 179 Å². The van der Waals surface area contributed by atoms with Crippen LogP contribution in [0.5, 0.6) is 0 Å². The number of nitrogens with one attached hydrogen (secondary N) is 2. The van der Waals surface area contributed by atoms with Gasteiger partial charge in [0.1, 0.15) is 6.07 Å². The third-order valence-electron chi connectivity index (χ3n) is 5.83. The highest BCUT2D eigenvalue weighted by atomic mass is 32.2. The molecule has 2 saturated heterocycles. The van der Waals surface area contributed by atoms with Crippen LogP contribution < -0.4 is 15.5 Å². The minimum atomic E-state index is 0.185. The number of piperidine rings is 1. The molecule has 158 valence electrons. The Balaban J connectivity index is 1.66. The summed E-state index contributed by atoms with van der Waals surface area (Å²) in [6.45, 7) is 7.28. The molecule has 6 nitrogen and oxygen atoms in total. The van der Waals surface area contributed by atoms with Gasteiger partial charge in [-0.25, -0.2) is 0 Å². The number of nitriles is 1. The molecule has 0 aliphatic carbocycles. The summed E-state index contributed by atoms with van der Waals surface area (Å²) >= 11 is 1.92.